The molecule has 0 spiro atoms. The Kier molecular flexibility index (Phi) is 8.95. The predicted molar refractivity (Wildman–Crippen MR) is 140 cm³/mol. The van der Waals surface area contributed by atoms with E-state index in [0.29, 0.717) is 11.1 Å². The van der Waals surface area contributed by atoms with E-state index < -0.39 is 34.2 Å². The molecule has 11 heteroatoms. The summed E-state index contributed by atoms with van der Waals surface area (Å²) < 4.78 is 28.8. The first-order chi connectivity index (χ1) is 17.9. The second-order valence-corrected chi connectivity index (χ2v) is 9.48. The fourth-order valence-corrected chi connectivity index (χ4v) is 3.81. The highest BCUT2D eigenvalue weighted by atomic mass is 19.1. The normalized spacial score (nSPS) is 11.3. The maximum absolute atomic E-state index is 13.5. The summed E-state index contributed by atoms with van der Waals surface area (Å²) >= 11 is 0. The largest absolute Gasteiger partial charge is 0.384 e. The number of nitrogen functional groups attached to an aromatic ring is 1. The third kappa shape index (κ3) is 6.60. The monoisotopic (exact) mass is 527 g/mol. The van der Waals surface area contributed by atoms with Crippen molar-refractivity contribution in [1.82, 2.24) is 18.9 Å². The van der Waals surface area contributed by atoms with Gasteiger partial charge in [0.25, 0.3) is 5.56 Å². The van der Waals surface area contributed by atoms with Crippen molar-refractivity contribution in [3.63, 3.8) is 0 Å². The van der Waals surface area contributed by atoms with Gasteiger partial charge in [-0.1, -0.05) is 24.3 Å². The van der Waals surface area contributed by atoms with Crippen LogP contribution in [0.5, 0.6) is 0 Å². The highest BCUT2D eigenvalue weighted by Crippen LogP contribution is 2.13. The van der Waals surface area contributed by atoms with Crippen molar-refractivity contribution < 1.29 is 18.4 Å². The number of nitrogens with two attached hydrogens (primary N) is 1. The van der Waals surface area contributed by atoms with E-state index in [2.05, 4.69) is 0 Å². The van der Waals surface area contributed by atoms with Crippen molar-refractivity contribution in [3.05, 3.63) is 97.7 Å². The van der Waals surface area contributed by atoms with Gasteiger partial charge in [0.2, 0.25) is 5.91 Å². The van der Waals surface area contributed by atoms with Crippen LogP contribution in [0.2, 0.25) is 0 Å². The fraction of sp³-hybridized carbons (Fsp3) is 0.333. The van der Waals surface area contributed by atoms with E-state index in [9.17, 15) is 28.0 Å². The molecule has 3 rings (SSSR count). The summed E-state index contributed by atoms with van der Waals surface area (Å²) in [5, 5.41) is 0. The number of ketones is 1. The zero-order valence-corrected chi connectivity index (χ0v) is 21.8. The van der Waals surface area contributed by atoms with Crippen molar-refractivity contribution in [2.24, 2.45) is 0 Å². The van der Waals surface area contributed by atoms with Gasteiger partial charge in [-0.2, -0.15) is 0 Å². The van der Waals surface area contributed by atoms with Gasteiger partial charge in [0, 0.05) is 20.1 Å². The summed E-state index contributed by atoms with van der Waals surface area (Å²) in [7, 11) is 3.19. The Morgan fingerprint density at radius 2 is 1.32 bits per heavy atom. The number of rotatable bonds is 10. The molecule has 0 saturated carbocycles. The highest BCUT2D eigenvalue weighted by molar-refractivity contribution is 6.01. The maximum atomic E-state index is 13.5. The molecule has 3 aromatic rings. The first kappa shape index (κ1) is 28.5. The molecule has 1 amide bonds. The average Bonchev–Trinajstić information content (AvgIpc) is 2.86. The second kappa shape index (κ2) is 12.0. The molecule has 2 aromatic carbocycles. The van der Waals surface area contributed by atoms with Crippen LogP contribution in [0, 0.1) is 11.6 Å². The number of aromatic nitrogens is 2. The van der Waals surface area contributed by atoms with Gasteiger partial charge >= 0.3 is 5.69 Å². The molecular formula is C27H31F2N5O4. The highest BCUT2D eigenvalue weighted by Gasteiger charge is 2.26. The number of carbonyl (C=O) groups excluding carboxylic acids is 2. The van der Waals surface area contributed by atoms with Crippen LogP contribution in [0.1, 0.15) is 35.3 Å². The van der Waals surface area contributed by atoms with E-state index in [1.807, 2.05) is 13.8 Å². The zero-order chi connectivity index (χ0) is 28.1. The summed E-state index contributed by atoms with van der Waals surface area (Å²) in [5.74, 6) is -2.16. The quantitative estimate of drug-likeness (QED) is 0.404. The molecule has 0 aliphatic carbocycles. The Labute approximate surface area is 218 Å². The summed E-state index contributed by atoms with van der Waals surface area (Å²) in [6.45, 7) is 2.91. The molecule has 0 radical (unpaired) electrons. The summed E-state index contributed by atoms with van der Waals surface area (Å²) in [6.07, 6.45) is 0. The predicted octanol–water partition coefficient (Wildman–Crippen LogP) is 1.95. The standard InChI is InChI=1S/C27H31F2N5O4/c1-17(2)32(16-23(36)31(3)4)15-22(35)24-25(30)33(13-18-5-9-20(28)10-6-18)27(38)34(26(24)37)14-19-7-11-21(29)12-8-19/h5-12,17H,13-16,30H2,1-4H3. The van der Waals surface area contributed by atoms with Gasteiger partial charge in [-0.3, -0.25) is 28.4 Å². The lowest BCUT2D eigenvalue weighted by molar-refractivity contribution is -0.130. The molecule has 0 saturated heterocycles. The third-order valence-electron chi connectivity index (χ3n) is 6.17. The van der Waals surface area contributed by atoms with Crippen LogP contribution in [0.3, 0.4) is 0 Å². The van der Waals surface area contributed by atoms with Gasteiger partial charge < -0.3 is 10.6 Å². The maximum Gasteiger partial charge on any atom is 0.333 e. The summed E-state index contributed by atoms with van der Waals surface area (Å²) in [6, 6.07) is 10.4. The molecule has 9 nitrogen and oxygen atoms in total. The number of likely N-dealkylation sites (N-methyl/N-ethyl adjacent to an activating group) is 1. The minimum Gasteiger partial charge on any atom is -0.384 e. The molecule has 1 heterocycles. The van der Waals surface area contributed by atoms with E-state index >= 15 is 0 Å². The molecule has 0 atom stereocenters. The van der Waals surface area contributed by atoms with Gasteiger partial charge in [-0.05, 0) is 49.2 Å². The lowest BCUT2D eigenvalue weighted by atomic mass is 10.1. The van der Waals surface area contributed by atoms with Crippen molar-refractivity contribution in [2.75, 3.05) is 32.9 Å². The van der Waals surface area contributed by atoms with Crippen molar-refractivity contribution in [1.29, 1.82) is 0 Å². The Morgan fingerprint density at radius 1 is 0.842 bits per heavy atom. The van der Waals surface area contributed by atoms with Gasteiger partial charge in [0.05, 0.1) is 26.2 Å². The lowest BCUT2D eigenvalue weighted by Gasteiger charge is -2.26. The van der Waals surface area contributed by atoms with Crippen LogP contribution < -0.4 is 17.0 Å². The Balaban J connectivity index is 2.11. The second-order valence-electron chi connectivity index (χ2n) is 9.48. The number of carbonyl (C=O) groups is 2. The Morgan fingerprint density at radius 3 is 1.76 bits per heavy atom. The minimum absolute atomic E-state index is 0.0602. The molecule has 0 fully saturated rings. The molecule has 38 heavy (non-hydrogen) atoms. The van der Waals surface area contributed by atoms with E-state index in [4.69, 9.17) is 5.73 Å². The molecule has 2 N–H and O–H groups in total. The van der Waals surface area contributed by atoms with Crippen molar-refractivity contribution in [2.45, 2.75) is 33.0 Å². The molecule has 0 aliphatic heterocycles. The Hall–Kier alpha value is -4.12. The van der Waals surface area contributed by atoms with Gasteiger partial charge in [0.1, 0.15) is 23.0 Å². The number of hydrogen-bond donors (Lipinski definition) is 1. The molecule has 1 aromatic heterocycles. The zero-order valence-electron chi connectivity index (χ0n) is 21.8. The van der Waals surface area contributed by atoms with Crippen molar-refractivity contribution in [3.8, 4) is 0 Å². The van der Waals surface area contributed by atoms with E-state index in [1.165, 1.54) is 53.4 Å². The van der Waals surface area contributed by atoms with Gasteiger partial charge in [0.15, 0.2) is 5.78 Å². The fourth-order valence-electron chi connectivity index (χ4n) is 3.81. The summed E-state index contributed by atoms with van der Waals surface area (Å²) in [5.41, 5.74) is 5.18. The number of amides is 1. The smallest absolute Gasteiger partial charge is 0.333 e. The number of anilines is 1. The lowest BCUT2D eigenvalue weighted by Crippen LogP contribution is -2.47. The molecule has 202 valence electrons. The number of Topliss-reactive ketones (excluding diaryl/α,β-unsaturated/α-hetero) is 1. The van der Waals surface area contributed by atoms with Gasteiger partial charge in [-0.25, -0.2) is 13.6 Å². The van der Waals surface area contributed by atoms with Crippen LogP contribution in [0.4, 0.5) is 14.6 Å². The number of nitrogens with zero attached hydrogens (tertiary/aromatic N) is 4. The first-order valence-corrected chi connectivity index (χ1v) is 12.0. The molecule has 0 bridgehead atoms. The van der Waals surface area contributed by atoms with Crippen LogP contribution in [-0.4, -0.2) is 63.9 Å². The third-order valence-corrected chi connectivity index (χ3v) is 6.17. The van der Waals surface area contributed by atoms with E-state index in [-0.39, 0.29) is 43.9 Å². The number of hydrogen-bond acceptors (Lipinski definition) is 6. The Bertz CT molecular complexity index is 1430. The van der Waals surface area contributed by atoms with E-state index in [0.717, 1.165) is 9.13 Å². The van der Waals surface area contributed by atoms with Gasteiger partial charge in [-0.15, -0.1) is 0 Å². The topological polar surface area (TPSA) is 111 Å². The number of halogens is 2. The van der Waals surface area contributed by atoms with E-state index in [1.54, 1.807) is 19.0 Å². The van der Waals surface area contributed by atoms with Crippen LogP contribution in [0.15, 0.2) is 58.1 Å². The first-order valence-electron chi connectivity index (χ1n) is 12.0. The average molecular weight is 528 g/mol. The molecular weight excluding hydrogens is 496 g/mol. The molecule has 0 unspecified atom stereocenters. The van der Waals surface area contributed by atoms with Crippen molar-refractivity contribution >= 4 is 17.5 Å². The minimum atomic E-state index is -0.889. The number of benzene rings is 2. The van der Waals surface area contributed by atoms with Crippen LogP contribution >= 0.6 is 0 Å². The molecule has 0 aliphatic rings. The summed E-state index contributed by atoms with van der Waals surface area (Å²) in [4.78, 5) is 55.7. The van der Waals surface area contributed by atoms with Crippen LogP contribution in [-0.2, 0) is 17.9 Å². The van der Waals surface area contributed by atoms with Crippen LogP contribution in [0.25, 0.3) is 0 Å². The SMILES string of the molecule is CC(C)N(CC(=O)c1c(N)n(Cc2ccc(F)cc2)c(=O)n(Cc2ccc(F)cc2)c1=O)CC(=O)N(C)C.